The van der Waals surface area contributed by atoms with Gasteiger partial charge in [0.2, 0.25) is 0 Å². The zero-order valence-electron chi connectivity index (χ0n) is 10.5. The summed E-state index contributed by atoms with van der Waals surface area (Å²) in [6.07, 6.45) is 1.57. The summed E-state index contributed by atoms with van der Waals surface area (Å²) in [5.41, 5.74) is 1.54. The van der Waals surface area contributed by atoms with Gasteiger partial charge in [0, 0.05) is 11.6 Å². The highest BCUT2D eigenvalue weighted by Crippen LogP contribution is 2.35. The van der Waals surface area contributed by atoms with Crippen LogP contribution in [0.1, 0.15) is 18.9 Å². The average molecular weight is 271 g/mol. The summed E-state index contributed by atoms with van der Waals surface area (Å²) in [4.78, 5) is 10.5. The summed E-state index contributed by atoms with van der Waals surface area (Å²) < 4.78 is 10.3. The van der Waals surface area contributed by atoms with Crippen LogP contribution in [0.2, 0.25) is 5.02 Å². The Bertz CT molecular complexity index is 480. The van der Waals surface area contributed by atoms with Crippen molar-refractivity contribution in [2.24, 2.45) is 0 Å². The third kappa shape index (κ3) is 3.40. The van der Waals surface area contributed by atoms with E-state index in [9.17, 15) is 4.79 Å². The van der Waals surface area contributed by atoms with Gasteiger partial charge in [0.15, 0.2) is 0 Å². The van der Waals surface area contributed by atoms with Crippen molar-refractivity contribution in [3.05, 3.63) is 28.8 Å². The van der Waals surface area contributed by atoms with E-state index in [2.05, 4.69) is 0 Å². The Morgan fingerprint density at radius 3 is 2.44 bits per heavy atom. The van der Waals surface area contributed by atoms with Crippen molar-refractivity contribution >= 4 is 23.1 Å². The first-order valence-electron chi connectivity index (χ1n) is 5.30. The van der Waals surface area contributed by atoms with E-state index >= 15 is 0 Å². The van der Waals surface area contributed by atoms with Crippen molar-refractivity contribution in [2.45, 2.75) is 13.3 Å². The SMILES string of the molecule is COc1cc(OC)c(/C(C)=C/CC(=O)O)cc1Cl. The fraction of sp³-hybridized carbons (Fsp3) is 0.308. The van der Waals surface area contributed by atoms with Crippen molar-refractivity contribution in [2.75, 3.05) is 14.2 Å². The van der Waals surface area contributed by atoms with Gasteiger partial charge in [-0.05, 0) is 18.6 Å². The number of carboxylic acid groups (broad SMARTS) is 1. The first kappa shape index (κ1) is 14.4. The molecule has 0 aromatic heterocycles. The largest absolute Gasteiger partial charge is 0.496 e. The molecule has 0 unspecified atom stereocenters. The highest BCUT2D eigenvalue weighted by atomic mass is 35.5. The standard InChI is InChI=1S/C13H15ClO4/c1-8(4-5-13(15)16)9-6-10(14)12(18-3)7-11(9)17-2/h4,6-7H,5H2,1-3H3,(H,15,16)/b8-4+. The summed E-state index contributed by atoms with van der Waals surface area (Å²) in [7, 11) is 3.06. The van der Waals surface area contributed by atoms with Crippen LogP contribution in [0.4, 0.5) is 0 Å². The molecule has 5 heteroatoms. The molecule has 1 aromatic rings. The van der Waals surface area contributed by atoms with Crippen LogP contribution in [0, 0.1) is 0 Å². The first-order chi connectivity index (χ1) is 8.49. The third-order valence-corrected chi connectivity index (χ3v) is 2.78. The van der Waals surface area contributed by atoms with Crippen molar-refractivity contribution in [1.82, 2.24) is 0 Å². The van der Waals surface area contributed by atoms with Crippen LogP contribution in [0.25, 0.3) is 5.57 Å². The maximum atomic E-state index is 10.5. The molecule has 4 nitrogen and oxygen atoms in total. The molecule has 1 N–H and O–H groups in total. The van der Waals surface area contributed by atoms with Gasteiger partial charge >= 0.3 is 5.97 Å². The minimum absolute atomic E-state index is 0.0430. The van der Waals surface area contributed by atoms with E-state index in [1.807, 2.05) is 6.92 Å². The summed E-state index contributed by atoms with van der Waals surface area (Å²) in [6.45, 7) is 1.81. The molecule has 0 fully saturated rings. The van der Waals surface area contributed by atoms with Crippen LogP contribution < -0.4 is 9.47 Å². The molecule has 1 rings (SSSR count). The van der Waals surface area contributed by atoms with E-state index in [0.717, 1.165) is 11.1 Å². The van der Waals surface area contributed by atoms with Crippen LogP contribution in [0.5, 0.6) is 11.5 Å². The number of hydrogen-bond donors (Lipinski definition) is 1. The Labute approximate surface area is 111 Å². The Balaban J connectivity index is 3.18. The Kier molecular flexibility index (Phi) is 5.04. The van der Waals surface area contributed by atoms with Gasteiger partial charge in [-0.25, -0.2) is 0 Å². The number of carboxylic acids is 1. The summed E-state index contributed by atoms with van der Waals surface area (Å²) >= 11 is 6.04. The van der Waals surface area contributed by atoms with Gasteiger partial charge in [0.25, 0.3) is 0 Å². The molecule has 18 heavy (non-hydrogen) atoms. The summed E-state index contributed by atoms with van der Waals surface area (Å²) in [5.74, 6) is 0.228. The molecule has 0 amide bonds. The van der Waals surface area contributed by atoms with Crippen LogP contribution in [0.15, 0.2) is 18.2 Å². The lowest BCUT2D eigenvalue weighted by atomic mass is 10.0. The lowest BCUT2D eigenvalue weighted by molar-refractivity contribution is -0.135. The molecule has 0 spiro atoms. The van der Waals surface area contributed by atoms with Crippen molar-refractivity contribution in [3.8, 4) is 11.5 Å². The number of halogens is 1. The normalized spacial score (nSPS) is 11.2. The van der Waals surface area contributed by atoms with Gasteiger partial charge in [0.1, 0.15) is 11.5 Å². The van der Waals surface area contributed by atoms with Crippen LogP contribution >= 0.6 is 11.6 Å². The number of allylic oxidation sites excluding steroid dienone is 1. The fourth-order valence-electron chi connectivity index (χ4n) is 1.52. The van der Waals surface area contributed by atoms with Gasteiger partial charge in [-0.3, -0.25) is 4.79 Å². The predicted octanol–water partition coefficient (Wildman–Crippen LogP) is 3.24. The smallest absolute Gasteiger partial charge is 0.307 e. The highest BCUT2D eigenvalue weighted by Gasteiger charge is 2.11. The lowest BCUT2D eigenvalue weighted by Crippen LogP contribution is -1.95. The molecule has 0 aliphatic carbocycles. The number of benzene rings is 1. The van der Waals surface area contributed by atoms with Gasteiger partial charge in [-0.15, -0.1) is 0 Å². The monoisotopic (exact) mass is 270 g/mol. The molecular formula is C13H15ClO4. The van der Waals surface area contributed by atoms with Gasteiger partial charge in [0.05, 0.1) is 25.7 Å². The second-order valence-electron chi connectivity index (χ2n) is 3.67. The van der Waals surface area contributed by atoms with Crippen LogP contribution in [-0.4, -0.2) is 25.3 Å². The zero-order chi connectivity index (χ0) is 13.7. The number of carbonyl (C=O) groups is 1. The van der Waals surface area contributed by atoms with E-state index in [0.29, 0.717) is 16.5 Å². The topological polar surface area (TPSA) is 55.8 Å². The van der Waals surface area contributed by atoms with Crippen LogP contribution in [0.3, 0.4) is 0 Å². The molecule has 1 aromatic carbocycles. The maximum Gasteiger partial charge on any atom is 0.307 e. The molecule has 0 aliphatic heterocycles. The first-order valence-corrected chi connectivity index (χ1v) is 5.67. The Morgan fingerprint density at radius 2 is 1.94 bits per heavy atom. The summed E-state index contributed by atoms with van der Waals surface area (Å²) in [6, 6.07) is 3.38. The quantitative estimate of drug-likeness (QED) is 0.892. The predicted molar refractivity (Wildman–Crippen MR) is 70.5 cm³/mol. The van der Waals surface area contributed by atoms with Gasteiger partial charge < -0.3 is 14.6 Å². The van der Waals surface area contributed by atoms with E-state index in [4.69, 9.17) is 26.2 Å². The highest BCUT2D eigenvalue weighted by molar-refractivity contribution is 6.32. The van der Waals surface area contributed by atoms with Gasteiger partial charge in [-0.1, -0.05) is 17.7 Å². The number of aliphatic carboxylic acids is 1. The van der Waals surface area contributed by atoms with Crippen molar-refractivity contribution < 1.29 is 19.4 Å². The minimum atomic E-state index is -0.882. The molecular weight excluding hydrogens is 256 g/mol. The maximum absolute atomic E-state index is 10.5. The second kappa shape index (κ2) is 6.31. The molecule has 0 aliphatic rings. The molecule has 0 saturated carbocycles. The second-order valence-corrected chi connectivity index (χ2v) is 4.08. The number of hydrogen-bond acceptors (Lipinski definition) is 3. The molecule has 98 valence electrons. The van der Waals surface area contributed by atoms with E-state index in [1.165, 1.54) is 14.2 Å². The number of ether oxygens (including phenoxy) is 2. The number of methoxy groups -OCH3 is 2. The zero-order valence-corrected chi connectivity index (χ0v) is 11.2. The molecule has 0 bridgehead atoms. The van der Waals surface area contributed by atoms with Crippen molar-refractivity contribution in [1.29, 1.82) is 0 Å². The van der Waals surface area contributed by atoms with E-state index < -0.39 is 5.97 Å². The Morgan fingerprint density at radius 1 is 1.33 bits per heavy atom. The van der Waals surface area contributed by atoms with E-state index in [-0.39, 0.29) is 6.42 Å². The molecule has 0 atom stereocenters. The fourth-order valence-corrected chi connectivity index (χ4v) is 1.76. The molecule has 0 radical (unpaired) electrons. The summed E-state index contributed by atoms with van der Waals surface area (Å²) in [5, 5.41) is 9.11. The van der Waals surface area contributed by atoms with Crippen molar-refractivity contribution in [3.63, 3.8) is 0 Å². The molecule has 0 heterocycles. The minimum Gasteiger partial charge on any atom is -0.496 e. The van der Waals surface area contributed by atoms with Crippen LogP contribution in [-0.2, 0) is 4.79 Å². The van der Waals surface area contributed by atoms with Gasteiger partial charge in [-0.2, -0.15) is 0 Å². The Hall–Kier alpha value is -1.68. The average Bonchev–Trinajstić information content (AvgIpc) is 2.35. The van der Waals surface area contributed by atoms with E-state index in [1.54, 1.807) is 18.2 Å². The third-order valence-electron chi connectivity index (χ3n) is 2.48. The molecule has 0 saturated heterocycles. The number of rotatable bonds is 5. The lowest BCUT2D eigenvalue weighted by Gasteiger charge is -2.12.